The Morgan fingerprint density at radius 2 is 1.00 bits per heavy atom. The number of hydrogen-bond acceptors (Lipinski definition) is 2. The number of hydrogen-bond donors (Lipinski definition) is 0. The van der Waals surface area contributed by atoms with Gasteiger partial charge in [-0.25, -0.2) is 0 Å². The summed E-state index contributed by atoms with van der Waals surface area (Å²) < 4.78 is 11.3. The molecule has 0 bridgehead atoms. The fraction of sp³-hybridized carbons (Fsp3) is 0. The molecule has 0 fully saturated rings. The molecule has 0 radical (unpaired) electrons. The molecule has 0 unspecified atom stereocenters. The van der Waals surface area contributed by atoms with Crippen LogP contribution in [0.25, 0.3) is 103 Å². The molecule has 51 heavy (non-hydrogen) atoms. The van der Waals surface area contributed by atoms with Gasteiger partial charge in [0.15, 0.2) is 0 Å². The highest BCUT2D eigenvalue weighted by Crippen LogP contribution is 2.45. The molecule has 0 aliphatic rings. The van der Waals surface area contributed by atoms with Gasteiger partial charge in [-0.05, 0) is 82.4 Å². The van der Waals surface area contributed by atoms with Crippen molar-refractivity contribution in [2.45, 2.75) is 0 Å². The summed E-state index contributed by atoms with van der Waals surface area (Å²) >= 11 is 1.87. The van der Waals surface area contributed by atoms with Crippen LogP contribution in [-0.2, 0) is 0 Å². The maximum absolute atomic E-state index is 6.28. The van der Waals surface area contributed by atoms with E-state index in [4.69, 9.17) is 4.42 Å². The molecule has 0 atom stereocenters. The number of rotatable bonds is 4. The maximum atomic E-state index is 6.28. The highest BCUT2D eigenvalue weighted by atomic mass is 32.1. The van der Waals surface area contributed by atoms with Crippen molar-refractivity contribution in [3.63, 3.8) is 0 Å². The van der Waals surface area contributed by atoms with Gasteiger partial charge in [-0.1, -0.05) is 121 Å². The molecule has 0 saturated carbocycles. The number of para-hydroxylation sites is 1. The number of furan rings is 1. The fourth-order valence-electron chi connectivity index (χ4n) is 8.06. The van der Waals surface area contributed by atoms with Crippen molar-refractivity contribution >= 4 is 75.3 Å². The minimum Gasteiger partial charge on any atom is -0.456 e. The Morgan fingerprint density at radius 1 is 0.392 bits per heavy atom. The van der Waals surface area contributed by atoms with Gasteiger partial charge in [-0.3, -0.25) is 0 Å². The Hall–Kier alpha value is -6.42. The zero-order valence-corrected chi connectivity index (χ0v) is 28.3. The lowest BCUT2D eigenvalue weighted by atomic mass is 9.98. The zero-order valence-electron chi connectivity index (χ0n) is 27.5. The Morgan fingerprint density at radius 3 is 1.73 bits per heavy atom. The summed E-state index contributed by atoms with van der Waals surface area (Å²) in [7, 11) is 0. The first-order chi connectivity index (χ1) is 25.3. The molecule has 3 heteroatoms. The van der Waals surface area contributed by atoms with Gasteiger partial charge in [-0.15, -0.1) is 11.3 Å². The van der Waals surface area contributed by atoms with E-state index in [0.29, 0.717) is 0 Å². The summed E-state index contributed by atoms with van der Waals surface area (Å²) in [4.78, 5) is 0. The predicted octanol–water partition coefficient (Wildman–Crippen LogP) is 14.1. The third kappa shape index (κ3) is 4.35. The summed E-state index contributed by atoms with van der Waals surface area (Å²) in [5.41, 5.74) is 12.8. The highest BCUT2D eigenvalue weighted by molar-refractivity contribution is 7.26. The average molecular weight is 668 g/mol. The summed E-state index contributed by atoms with van der Waals surface area (Å²) in [6, 6.07) is 63.7. The van der Waals surface area contributed by atoms with E-state index in [1.165, 1.54) is 80.7 Å². The topological polar surface area (TPSA) is 18.1 Å². The standard InChI is InChI=1S/C48H29NOS/c1-3-11-30(12-4-1)32-21-24-42-39(27-32)40-28-33(31-13-5-2-6-14-31)22-25-43(40)49(42)34-23-26-46-41(29-34)37-18-9-17-36(48(37)51-46)35-16-10-20-45-47(35)38-15-7-8-19-44(38)50-45/h1-29H. The first kappa shape index (κ1) is 28.4. The molecule has 0 amide bonds. The SMILES string of the molecule is c1ccc(-c2ccc3c(c2)c2cc(-c4ccccc4)ccc2n3-c2ccc3sc4c(-c5cccc6oc7ccccc7c56)cccc4c3c2)cc1. The third-order valence-electron chi connectivity index (χ3n) is 10.4. The van der Waals surface area contributed by atoms with Crippen molar-refractivity contribution in [2.75, 3.05) is 0 Å². The molecule has 11 aromatic rings. The van der Waals surface area contributed by atoms with E-state index in [-0.39, 0.29) is 0 Å². The lowest BCUT2D eigenvalue weighted by Gasteiger charge is -2.09. The average Bonchev–Trinajstić information content (AvgIpc) is 3.87. The van der Waals surface area contributed by atoms with E-state index in [1.54, 1.807) is 0 Å². The van der Waals surface area contributed by atoms with Crippen molar-refractivity contribution in [2.24, 2.45) is 0 Å². The van der Waals surface area contributed by atoms with Gasteiger partial charge in [0.05, 0.1) is 11.0 Å². The van der Waals surface area contributed by atoms with Crippen LogP contribution in [0.5, 0.6) is 0 Å². The minimum atomic E-state index is 0.922. The van der Waals surface area contributed by atoms with Crippen molar-refractivity contribution < 1.29 is 4.42 Å². The number of benzene rings is 8. The quantitative estimate of drug-likeness (QED) is 0.183. The van der Waals surface area contributed by atoms with Crippen molar-refractivity contribution in [1.29, 1.82) is 0 Å². The third-order valence-corrected chi connectivity index (χ3v) is 11.6. The van der Waals surface area contributed by atoms with Crippen molar-refractivity contribution in [1.82, 2.24) is 4.57 Å². The Labute approximate surface area is 298 Å². The molecular weight excluding hydrogens is 639 g/mol. The number of aromatic nitrogens is 1. The first-order valence-electron chi connectivity index (χ1n) is 17.3. The largest absolute Gasteiger partial charge is 0.456 e. The lowest BCUT2D eigenvalue weighted by molar-refractivity contribution is 0.669. The smallest absolute Gasteiger partial charge is 0.136 e. The molecule has 0 aliphatic heterocycles. The molecular formula is C48H29NOS. The van der Waals surface area contributed by atoms with Crippen LogP contribution < -0.4 is 0 Å². The Bertz CT molecular complexity index is 3030. The molecule has 0 spiro atoms. The van der Waals surface area contributed by atoms with Crippen LogP contribution in [0, 0.1) is 0 Å². The summed E-state index contributed by atoms with van der Waals surface area (Å²) in [6.07, 6.45) is 0. The van der Waals surface area contributed by atoms with Gasteiger partial charge < -0.3 is 8.98 Å². The summed E-state index contributed by atoms with van der Waals surface area (Å²) in [5, 5.41) is 7.38. The second kappa shape index (κ2) is 11.0. The lowest BCUT2D eigenvalue weighted by Crippen LogP contribution is -1.93. The first-order valence-corrected chi connectivity index (χ1v) is 18.2. The van der Waals surface area contributed by atoms with E-state index in [9.17, 15) is 0 Å². The van der Waals surface area contributed by atoms with Gasteiger partial charge in [0, 0.05) is 53.0 Å². The molecule has 0 N–H and O–H groups in total. The van der Waals surface area contributed by atoms with Crippen LogP contribution in [-0.4, -0.2) is 4.57 Å². The minimum absolute atomic E-state index is 0.922. The summed E-state index contributed by atoms with van der Waals surface area (Å²) in [6.45, 7) is 0. The fourth-order valence-corrected chi connectivity index (χ4v) is 9.27. The molecule has 2 nitrogen and oxygen atoms in total. The summed E-state index contributed by atoms with van der Waals surface area (Å²) in [5.74, 6) is 0. The monoisotopic (exact) mass is 667 g/mol. The van der Waals surface area contributed by atoms with Crippen LogP contribution in [0.15, 0.2) is 180 Å². The number of fused-ring (bicyclic) bond motifs is 9. The number of thiophene rings is 1. The molecule has 238 valence electrons. The van der Waals surface area contributed by atoms with Gasteiger partial charge in [0.1, 0.15) is 11.2 Å². The van der Waals surface area contributed by atoms with Crippen LogP contribution >= 0.6 is 11.3 Å². The van der Waals surface area contributed by atoms with Crippen LogP contribution in [0.3, 0.4) is 0 Å². The van der Waals surface area contributed by atoms with E-state index in [2.05, 4.69) is 174 Å². The molecule has 11 rings (SSSR count). The van der Waals surface area contributed by atoms with E-state index >= 15 is 0 Å². The highest BCUT2D eigenvalue weighted by Gasteiger charge is 2.19. The van der Waals surface area contributed by atoms with Crippen LogP contribution in [0.4, 0.5) is 0 Å². The van der Waals surface area contributed by atoms with Gasteiger partial charge in [0.25, 0.3) is 0 Å². The van der Waals surface area contributed by atoms with E-state index in [0.717, 1.165) is 22.2 Å². The Kier molecular flexibility index (Phi) is 6.16. The second-order valence-corrected chi connectivity index (χ2v) is 14.3. The molecule has 3 aromatic heterocycles. The molecule has 0 saturated heterocycles. The van der Waals surface area contributed by atoms with E-state index in [1.807, 2.05) is 17.4 Å². The van der Waals surface area contributed by atoms with Crippen LogP contribution in [0.2, 0.25) is 0 Å². The Balaban J connectivity index is 1.14. The van der Waals surface area contributed by atoms with Crippen molar-refractivity contribution in [3.05, 3.63) is 176 Å². The van der Waals surface area contributed by atoms with E-state index < -0.39 is 0 Å². The predicted molar refractivity (Wildman–Crippen MR) is 217 cm³/mol. The van der Waals surface area contributed by atoms with Crippen LogP contribution in [0.1, 0.15) is 0 Å². The number of nitrogens with zero attached hydrogens (tertiary/aromatic N) is 1. The zero-order chi connectivity index (χ0) is 33.5. The van der Waals surface area contributed by atoms with Gasteiger partial charge in [-0.2, -0.15) is 0 Å². The normalized spacial score (nSPS) is 11.9. The molecule has 3 heterocycles. The maximum Gasteiger partial charge on any atom is 0.136 e. The van der Waals surface area contributed by atoms with Crippen molar-refractivity contribution in [3.8, 4) is 39.1 Å². The second-order valence-electron chi connectivity index (χ2n) is 13.3. The van der Waals surface area contributed by atoms with Gasteiger partial charge in [0.2, 0.25) is 0 Å². The molecule has 8 aromatic carbocycles. The van der Waals surface area contributed by atoms with Gasteiger partial charge >= 0.3 is 0 Å². The molecule has 0 aliphatic carbocycles.